The minimum Gasteiger partial charge on any atom is -0.484 e. The molecule has 0 bridgehead atoms. The highest BCUT2D eigenvalue weighted by molar-refractivity contribution is 5.94. The first-order valence-corrected chi connectivity index (χ1v) is 11.3. The highest BCUT2D eigenvalue weighted by Gasteiger charge is 2.15. The number of benzene rings is 3. The summed E-state index contributed by atoms with van der Waals surface area (Å²) in [6.45, 7) is -0.0891. The minimum atomic E-state index is -0.355. The van der Waals surface area contributed by atoms with Crippen LogP contribution in [0, 0.1) is 5.82 Å². The average Bonchev–Trinajstić information content (AvgIpc) is 3.27. The second-order valence-corrected chi connectivity index (χ2v) is 8.45. The molecular formula is C27H25FN2O3. The molecule has 5 rings (SSSR count). The maximum Gasteiger partial charge on any atom is 0.262 e. The molecule has 0 radical (unpaired) electrons. The van der Waals surface area contributed by atoms with Crippen LogP contribution in [0.4, 0.5) is 10.1 Å². The maximum absolute atomic E-state index is 13.5. The first-order valence-electron chi connectivity index (χ1n) is 11.3. The number of ether oxygens (including phenoxy) is 1. The predicted octanol–water partition coefficient (Wildman–Crippen LogP) is 6.70. The molecule has 1 aliphatic rings. The van der Waals surface area contributed by atoms with Crippen LogP contribution in [0.3, 0.4) is 0 Å². The van der Waals surface area contributed by atoms with Crippen molar-refractivity contribution in [1.82, 2.24) is 4.98 Å². The van der Waals surface area contributed by atoms with E-state index in [1.165, 1.54) is 49.8 Å². The standard InChI is InChI=1S/C27H25FN2O3/c28-21-8-4-7-20(15-21)27-30-24-16-22(11-14-25(24)33-27)29-26(31)17-32-23-12-9-19(10-13-23)18-5-2-1-3-6-18/h4,7-16,18H,1-3,5-6,17H2,(H,29,31). The van der Waals surface area contributed by atoms with E-state index in [0.717, 1.165) is 0 Å². The molecule has 1 N–H and O–H groups in total. The third-order valence-corrected chi connectivity index (χ3v) is 6.07. The van der Waals surface area contributed by atoms with Crippen molar-refractivity contribution in [2.45, 2.75) is 38.0 Å². The van der Waals surface area contributed by atoms with Gasteiger partial charge in [-0.05, 0) is 72.9 Å². The number of nitrogens with one attached hydrogen (secondary N) is 1. The lowest BCUT2D eigenvalue weighted by atomic mass is 9.84. The van der Waals surface area contributed by atoms with Crippen molar-refractivity contribution in [2.75, 3.05) is 11.9 Å². The summed E-state index contributed by atoms with van der Waals surface area (Å²) < 4.78 is 24.9. The summed E-state index contributed by atoms with van der Waals surface area (Å²) in [5.41, 5.74) is 3.63. The van der Waals surface area contributed by atoms with Gasteiger partial charge in [0.2, 0.25) is 5.89 Å². The third-order valence-electron chi connectivity index (χ3n) is 6.07. The fourth-order valence-corrected chi connectivity index (χ4v) is 4.37. The molecule has 4 aromatic rings. The van der Waals surface area contributed by atoms with E-state index >= 15 is 0 Å². The van der Waals surface area contributed by atoms with Gasteiger partial charge in [0.1, 0.15) is 17.1 Å². The molecule has 168 valence electrons. The Hall–Kier alpha value is -3.67. The van der Waals surface area contributed by atoms with Crippen molar-refractivity contribution < 1.29 is 18.3 Å². The van der Waals surface area contributed by atoms with Crippen LogP contribution in [0.2, 0.25) is 0 Å². The second-order valence-electron chi connectivity index (χ2n) is 8.45. The van der Waals surface area contributed by atoms with Crippen molar-refractivity contribution >= 4 is 22.7 Å². The fraction of sp³-hybridized carbons (Fsp3) is 0.259. The number of carbonyl (C=O) groups excluding carboxylic acids is 1. The minimum absolute atomic E-state index is 0.0891. The number of aromatic nitrogens is 1. The molecule has 1 aliphatic carbocycles. The molecule has 1 saturated carbocycles. The van der Waals surface area contributed by atoms with E-state index in [2.05, 4.69) is 22.4 Å². The lowest BCUT2D eigenvalue weighted by Crippen LogP contribution is -2.20. The van der Waals surface area contributed by atoms with Crippen molar-refractivity contribution in [2.24, 2.45) is 0 Å². The lowest BCUT2D eigenvalue weighted by Gasteiger charge is -2.22. The summed E-state index contributed by atoms with van der Waals surface area (Å²) >= 11 is 0. The number of amides is 1. The Kier molecular flexibility index (Phi) is 6.07. The van der Waals surface area contributed by atoms with Crippen molar-refractivity contribution in [1.29, 1.82) is 0 Å². The number of rotatable bonds is 6. The van der Waals surface area contributed by atoms with Crippen LogP contribution in [0.1, 0.15) is 43.6 Å². The highest BCUT2D eigenvalue weighted by atomic mass is 19.1. The van der Waals surface area contributed by atoms with E-state index in [1.807, 2.05) is 12.1 Å². The number of nitrogens with zero attached hydrogens (tertiary/aromatic N) is 1. The molecule has 0 aliphatic heterocycles. The van der Waals surface area contributed by atoms with Crippen LogP contribution in [-0.2, 0) is 4.79 Å². The predicted molar refractivity (Wildman–Crippen MR) is 126 cm³/mol. The zero-order valence-corrected chi connectivity index (χ0v) is 18.2. The number of anilines is 1. The summed E-state index contributed by atoms with van der Waals surface area (Å²) in [4.78, 5) is 16.8. The lowest BCUT2D eigenvalue weighted by molar-refractivity contribution is -0.118. The summed E-state index contributed by atoms with van der Waals surface area (Å²) in [6, 6.07) is 19.3. The van der Waals surface area contributed by atoms with E-state index in [9.17, 15) is 9.18 Å². The number of hydrogen-bond acceptors (Lipinski definition) is 4. The molecule has 5 nitrogen and oxygen atoms in total. The number of hydrogen-bond donors (Lipinski definition) is 1. The maximum atomic E-state index is 13.5. The molecule has 6 heteroatoms. The van der Waals surface area contributed by atoms with Gasteiger partial charge in [-0.15, -0.1) is 0 Å². The number of oxazole rings is 1. The molecule has 1 amide bonds. The monoisotopic (exact) mass is 444 g/mol. The summed E-state index contributed by atoms with van der Waals surface area (Å²) in [6.07, 6.45) is 6.44. The van der Waals surface area contributed by atoms with E-state index in [0.29, 0.717) is 39.9 Å². The Bertz CT molecular complexity index is 1260. The molecular weight excluding hydrogens is 419 g/mol. The summed E-state index contributed by atoms with van der Waals surface area (Å²) in [5.74, 6) is 1.03. The Morgan fingerprint density at radius 3 is 2.64 bits per heavy atom. The zero-order chi connectivity index (χ0) is 22.6. The van der Waals surface area contributed by atoms with Crippen LogP contribution in [0.5, 0.6) is 5.75 Å². The SMILES string of the molecule is O=C(COc1ccc(C2CCCCC2)cc1)Nc1ccc2oc(-c3cccc(F)c3)nc2c1. The second kappa shape index (κ2) is 9.45. The van der Waals surface area contributed by atoms with Gasteiger partial charge in [-0.3, -0.25) is 4.79 Å². The molecule has 1 aromatic heterocycles. The molecule has 0 saturated heterocycles. The topological polar surface area (TPSA) is 64.4 Å². The Morgan fingerprint density at radius 1 is 1.03 bits per heavy atom. The average molecular weight is 445 g/mol. The molecule has 0 spiro atoms. The Labute approximate surface area is 191 Å². The smallest absolute Gasteiger partial charge is 0.262 e. The van der Waals surface area contributed by atoms with E-state index < -0.39 is 0 Å². The molecule has 0 unspecified atom stereocenters. The fourth-order valence-electron chi connectivity index (χ4n) is 4.37. The van der Waals surface area contributed by atoms with Gasteiger partial charge in [0.25, 0.3) is 5.91 Å². The quantitative estimate of drug-likeness (QED) is 0.359. The summed E-state index contributed by atoms with van der Waals surface area (Å²) in [5, 5.41) is 2.82. The molecule has 3 aromatic carbocycles. The van der Waals surface area contributed by atoms with Gasteiger partial charge >= 0.3 is 0 Å². The van der Waals surface area contributed by atoms with E-state index in [4.69, 9.17) is 9.15 Å². The van der Waals surface area contributed by atoms with E-state index in [1.54, 1.807) is 30.3 Å². The van der Waals surface area contributed by atoms with Crippen LogP contribution in [0.25, 0.3) is 22.6 Å². The molecule has 1 heterocycles. The van der Waals surface area contributed by atoms with Crippen molar-refractivity contribution in [3.05, 3.63) is 78.1 Å². The van der Waals surface area contributed by atoms with Gasteiger partial charge in [-0.2, -0.15) is 0 Å². The van der Waals surface area contributed by atoms with Crippen molar-refractivity contribution in [3.63, 3.8) is 0 Å². The zero-order valence-electron chi connectivity index (χ0n) is 18.2. The van der Waals surface area contributed by atoms with Gasteiger partial charge in [0, 0.05) is 11.3 Å². The van der Waals surface area contributed by atoms with E-state index in [-0.39, 0.29) is 18.3 Å². The van der Waals surface area contributed by atoms with Crippen LogP contribution in [0.15, 0.2) is 71.1 Å². The number of halogens is 1. The van der Waals surface area contributed by atoms with Crippen LogP contribution in [-0.4, -0.2) is 17.5 Å². The van der Waals surface area contributed by atoms with Gasteiger partial charge < -0.3 is 14.5 Å². The molecule has 1 fully saturated rings. The van der Waals surface area contributed by atoms with Gasteiger partial charge in [-0.25, -0.2) is 9.37 Å². The highest BCUT2D eigenvalue weighted by Crippen LogP contribution is 2.33. The third kappa shape index (κ3) is 5.06. The normalized spacial score (nSPS) is 14.3. The summed E-state index contributed by atoms with van der Waals surface area (Å²) in [7, 11) is 0. The molecule has 33 heavy (non-hydrogen) atoms. The van der Waals surface area contributed by atoms with Crippen LogP contribution < -0.4 is 10.1 Å². The number of fused-ring (bicyclic) bond motifs is 1. The van der Waals surface area contributed by atoms with Gasteiger partial charge in [0.05, 0.1) is 0 Å². The Morgan fingerprint density at radius 2 is 1.85 bits per heavy atom. The largest absolute Gasteiger partial charge is 0.484 e. The van der Waals surface area contributed by atoms with Crippen molar-refractivity contribution in [3.8, 4) is 17.2 Å². The van der Waals surface area contributed by atoms with Crippen LogP contribution >= 0.6 is 0 Å². The number of carbonyl (C=O) groups is 1. The van der Waals surface area contributed by atoms with Gasteiger partial charge in [-0.1, -0.05) is 37.5 Å². The molecule has 0 atom stereocenters. The van der Waals surface area contributed by atoms with Gasteiger partial charge in [0.15, 0.2) is 12.2 Å². The Balaban J connectivity index is 1.19. The first kappa shape index (κ1) is 21.2. The first-order chi connectivity index (χ1) is 16.1.